The van der Waals surface area contributed by atoms with Gasteiger partial charge in [-0.25, -0.2) is 5.43 Å². The number of hydrogen-bond acceptors (Lipinski definition) is 7. The molecule has 0 spiro atoms. The highest BCUT2D eigenvalue weighted by atomic mass is 16.6. The highest BCUT2D eigenvalue weighted by Crippen LogP contribution is 2.26. The van der Waals surface area contributed by atoms with Gasteiger partial charge in [-0.05, 0) is 61.9 Å². The van der Waals surface area contributed by atoms with Crippen LogP contribution >= 0.6 is 0 Å². The molecule has 0 aliphatic heterocycles. The lowest BCUT2D eigenvalue weighted by molar-refractivity contribution is -0.385. The van der Waals surface area contributed by atoms with Crippen molar-refractivity contribution in [3.05, 3.63) is 105 Å². The smallest absolute Gasteiger partial charge is 0.311 e. The molecule has 0 heterocycles. The van der Waals surface area contributed by atoms with Crippen molar-refractivity contribution in [1.29, 1.82) is 0 Å². The molecule has 2 N–H and O–H groups in total. The molecule has 38 heavy (non-hydrogen) atoms. The number of benzene rings is 3. The van der Waals surface area contributed by atoms with E-state index in [9.17, 15) is 19.7 Å². The molecule has 0 atom stereocenters. The Hall–Kier alpha value is -4.99. The minimum Gasteiger partial charge on any atom is -0.490 e. The molecule has 3 aromatic rings. The molecule has 10 nitrogen and oxygen atoms in total. The lowest BCUT2D eigenvalue weighted by Gasteiger charge is -2.20. The minimum absolute atomic E-state index is 0.0210. The summed E-state index contributed by atoms with van der Waals surface area (Å²) < 4.78 is 4.99. The fourth-order valence-corrected chi connectivity index (χ4v) is 3.63. The molecule has 10 heteroatoms. The van der Waals surface area contributed by atoms with Crippen molar-refractivity contribution in [2.24, 2.45) is 5.10 Å². The summed E-state index contributed by atoms with van der Waals surface area (Å²) in [5.41, 5.74) is 4.63. The van der Waals surface area contributed by atoms with Crippen LogP contribution in [0.3, 0.4) is 0 Å². The van der Waals surface area contributed by atoms with Crippen LogP contribution in [-0.2, 0) is 4.79 Å². The summed E-state index contributed by atoms with van der Waals surface area (Å²) in [5.74, 6) is -1.01. The topological polar surface area (TPSA) is 126 Å². The molecular weight excluding hydrogens is 486 g/mol. The zero-order valence-electron chi connectivity index (χ0n) is 21.4. The number of anilines is 1. The van der Waals surface area contributed by atoms with E-state index in [1.807, 2.05) is 24.3 Å². The minimum atomic E-state index is -0.665. The van der Waals surface area contributed by atoms with Crippen molar-refractivity contribution in [3.8, 4) is 5.75 Å². The van der Waals surface area contributed by atoms with Crippen LogP contribution in [0.15, 0.2) is 83.6 Å². The number of hydrazone groups is 1. The number of nitro groups is 1. The maximum atomic E-state index is 13.0. The van der Waals surface area contributed by atoms with Crippen molar-refractivity contribution >= 4 is 35.5 Å². The van der Waals surface area contributed by atoms with Gasteiger partial charge in [0.15, 0.2) is 5.75 Å². The van der Waals surface area contributed by atoms with Crippen LogP contribution < -0.4 is 20.4 Å². The zero-order valence-corrected chi connectivity index (χ0v) is 21.4. The molecular formula is C28H29N5O5. The second-order valence-electron chi connectivity index (χ2n) is 8.03. The van der Waals surface area contributed by atoms with Crippen LogP contribution in [0.4, 0.5) is 11.4 Å². The second-order valence-corrected chi connectivity index (χ2v) is 8.03. The first-order valence-corrected chi connectivity index (χ1v) is 11.9. The first-order chi connectivity index (χ1) is 18.4. The molecule has 0 aliphatic carbocycles. The Morgan fingerprint density at radius 3 is 2.26 bits per heavy atom. The molecule has 0 unspecified atom stereocenters. The Morgan fingerprint density at radius 1 is 1.00 bits per heavy atom. The van der Waals surface area contributed by atoms with Gasteiger partial charge in [0.1, 0.15) is 5.70 Å². The van der Waals surface area contributed by atoms with Gasteiger partial charge < -0.3 is 15.0 Å². The van der Waals surface area contributed by atoms with E-state index in [4.69, 9.17) is 4.74 Å². The third-order valence-corrected chi connectivity index (χ3v) is 5.64. The third-order valence-electron chi connectivity index (χ3n) is 5.64. The van der Waals surface area contributed by atoms with E-state index in [2.05, 4.69) is 34.6 Å². The van der Waals surface area contributed by atoms with Crippen molar-refractivity contribution in [3.63, 3.8) is 0 Å². The Balaban J connectivity index is 1.84. The van der Waals surface area contributed by atoms with E-state index in [1.54, 1.807) is 42.5 Å². The summed E-state index contributed by atoms with van der Waals surface area (Å²) >= 11 is 0. The number of carbonyl (C=O) groups excluding carboxylic acids is 2. The first kappa shape index (κ1) is 27.6. The van der Waals surface area contributed by atoms with Crippen molar-refractivity contribution < 1.29 is 19.2 Å². The average molecular weight is 516 g/mol. The van der Waals surface area contributed by atoms with Gasteiger partial charge in [0.2, 0.25) is 0 Å². The molecule has 0 saturated heterocycles. The van der Waals surface area contributed by atoms with Gasteiger partial charge in [0.25, 0.3) is 11.8 Å². The van der Waals surface area contributed by atoms with Crippen LogP contribution in [0.2, 0.25) is 0 Å². The fourth-order valence-electron chi connectivity index (χ4n) is 3.63. The zero-order chi connectivity index (χ0) is 27.5. The van der Waals surface area contributed by atoms with Gasteiger partial charge in [0, 0.05) is 36.0 Å². The number of hydrogen-bond donors (Lipinski definition) is 2. The van der Waals surface area contributed by atoms with E-state index < -0.39 is 16.7 Å². The molecule has 0 saturated carbocycles. The number of nitro benzene ring substituents is 1. The van der Waals surface area contributed by atoms with Crippen LogP contribution in [0.5, 0.6) is 5.75 Å². The van der Waals surface area contributed by atoms with E-state index >= 15 is 0 Å². The highest BCUT2D eigenvalue weighted by Gasteiger charge is 2.16. The molecule has 196 valence electrons. The summed E-state index contributed by atoms with van der Waals surface area (Å²) in [4.78, 5) is 38.7. The Morgan fingerprint density at radius 2 is 1.66 bits per heavy atom. The lowest BCUT2D eigenvalue weighted by atomic mass is 10.1. The van der Waals surface area contributed by atoms with Crippen molar-refractivity contribution in [2.75, 3.05) is 25.1 Å². The molecule has 0 fully saturated rings. The summed E-state index contributed by atoms with van der Waals surface area (Å²) in [6.07, 6.45) is 2.82. The summed E-state index contributed by atoms with van der Waals surface area (Å²) in [6.45, 7) is 5.87. The largest absolute Gasteiger partial charge is 0.490 e. The first-order valence-electron chi connectivity index (χ1n) is 11.9. The molecule has 3 rings (SSSR count). The maximum Gasteiger partial charge on any atom is 0.311 e. The quantitative estimate of drug-likeness (QED) is 0.169. The number of ether oxygens (including phenoxy) is 1. The third kappa shape index (κ3) is 7.26. The van der Waals surface area contributed by atoms with Crippen LogP contribution in [-0.4, -0.2) is 43.2 Å². The molecule has 0 aliphatic rings. The van der Waals surface area contributed by atoms with Gasteiger partial charge >= 0.3 is 5.69 Å². The van der Waals surface area contributed by atoms with E-state index in [0.717, 1.165) is 18.8 Å². The standard InChI is InChI=1S/C28H29N5O5/c1-4-32(5-2)23-14-11-20(12-15-23)17-24(30-27(34)22-9-7-6-8-10-22)28(35)31-29-19-21-13-16-26(38-3)25(18-21)33(36)37/h6-19H,4-5H2,1-3H3,(H,30,34)(H,31,35)/b24-17+,29-19+. The number of amides is 2. The summed E-state index contributed by atoms with van der Waals surface area (Å²) in [7, 11) is 1.34. The van der Waals surface area contributed by atoms with E-state index in [0.29, 0.717) is 16.7 Å². The Labute approximate surface area is 220 Å². The molecule has 0 bridgehead atoms. The van der Waals surface area contributed by atoms with E-state index in [1.165, 1.54) is 25.5 Å². The maximum absolute atomic E-state index is 13.0. The van der Waals surface area contributed by atoms with E-state index in [-0.39, 0.29) is 17.1 Å². The number of nitrogens with one attached hydrogen (secondary N) is 2. The predicted molar refractivity (Wildman–Crippen MR) is 147 cm³/mol. The number of rotatable bonds is 11. The van der Waals surface area contributed by atoms with Gasteiger partial charge in [-0.1, -0.05) is 30.3 Å². The van der Waals surface area contributed by atoms with Crippen molar-refractivity contribution in [2.45, 2.75) is 13.8 Å². The molecule has 0 radical (unpaired) electrons. The van der Waals surface area contributed by atoms with Gasteiger partial charge in [-0.3, -0.25) is 19.7 Å². The fraction of sp³-hybridized carbons (Fsp3) is 0.179. The number of methoxy groups -OCH3 is 1. The Kier molecular flexibility index (Phi) is 9.70. The van der Waals surface area contributed by atoms with Crippen LogP contribution in [0.1, 0.15) is 35.3 Å². The van der Waals surface area contributed by atoms with Crippen LogP contribution in [0.25, 0.3) is 6.08 Å². The second kappa shape index (κ2) is 13.4. The normalized spacial score (nSPS) is 11.2. The van der Waals surface area contributed by atoms with Crippen molar-refractivity contribution in [1.82, 2.24) is 10.7 Å². The molecule has 3 aromatic carbocycles. The van der Waals surface area contributed by atoms with Gasteiger partial charge in [-0.2, -0.15) is 5.10 Å². The SMILES string of the molecule is CCN(CC)c1ccc(/C=C(/NC(=O)c2ccccc2)C(=O)N/N=C/c2ccc(OC)c([N+](=O)[O-])c2)cc1. The monoisotopic (exact) mass is 515 g/mol. The molecule has 2 amide bonds. The number of nitrogens with zero attached hydrogens (tertiary/aromatic N) is 3. The summed E-state index contributed by atoms with van der Waals surface area (Å²) in [5, 5.41) is 17.8. The summed E-state index contributed by atoms with van der Waals surface area (Å²) in [6, 6.07) is 20.4. The van der Waals surface area contributed by atoms with Crippen LogP contribution in [0, 0.1) is 10.1 Å². The average Bonchev–Trinajstić information content (AvgIpc) is 2.94. The van der Waals surface area contributed by atoms with Gasteiger partial charge in [-0.15, -0.1) is 0 Å². The Bertz CT molecular complexity index is 1330. The molecule has 0 aromatic heterocycles. The van der Waals surface area contributed by atoms with Gasteiger partial charge in [0.05, 0.1) is 18.2 Å². The highest BCUT2D eigenvalue weighted by molar-refractivity contribution is 6.05. The predicted octanol–water partition coefficient (Wildman–Crippen LogP) is 4.37. The lowest BCUT2D eigenvalue weighted by Crippen LogP contribution is -2.32. The number of carbonyl (C=O) groups is 2.